The maximum Gasteiger partial charge on any atom is 0.119 e. The lowest BCUT2D eigenvalue weighted by Gasteiger charge is -2.10. The number of halogens is 3. The van der Waals surface area contributed by atoms with Crippen LogP contribution in [0.25, 0.3) is 11.1 Å². The van der Waals surface area contributed by atoms with Crippen LogP contribution in [0.3, 0.4) is 0 Å². The number of pyridine rings is 1. The van der Waals surface area contributed by atoms with E-state index in [4.69, 9.17) is 39.5 Å². The molecule has 2 nitrogen and oxygen atoms in total. The van der Waals surface area contributed by atoms with Crippen LogP contribution in [0.4, 0.5) is 0 Å². The Kier molecular flexibility index (Phi) is 5.06. The minimum atomic E-state index is 0.324. The Hall–Kier alpha value is -1.74. The molecule has 0 radical (unpaired) electrons. The molecule has 0 fully saturated rings. The molecule has 0 saturated heterocycles. The number of nitrogens with zero attached hydrogens (tertiary/aromatic N) is 1. The second-order valence-electron chi connectivity index (χ2n) is 4.91. The molecule has 3 rings (SSSR count). The van der Waals surface area contributed by atoms with Crippen molar-refractivity contribution in [3.8, 4) is 16.9 Å². The molecule has 0 atom stereocenters. The summed E-state index contributed by atoms with van der Waals surface area (Å²) in [5.74, 6) is 0.755. The second kappa shape index (κ2) is 7.22. The van der Waals surface area contributed by atoms with Gasteiger partial charge in [-0.2, -0.15) is 0 Å². The summed E-state index contributed by atoms with van der Waals surface area (Å²) in [6.07, 6.45) is 3.54. The van der Waals surface area contributed by atoms with E-state index < -0.39 is 0 Å². The van der Waals surface area contributed by atoms with E-state index in [0.29, 0.717) is 21.7 Å². The summed E-state index contributed by atoms with van der Waals surface area (Å²) in [5.41, 5.74) is 3.01. The van der Waals surface area contributed by atoms with Crippen molar-refractivity contribution in [1.29, 1.82) is 0 Å². The van der Waals surface area contributed by atoms with Crippen LogP contribution in [0.1, 0.15) is 5.56 Å². The minimum absolute atomic E-state index is 0.324. The second-order valence-corrected chi connectivity index (χ2v) is 6.13. The maximum absolute atomic E-state index is 6.14. The van der Waals surface area contributed by atoms with Gasteiger partial charge in [-0.15, -0.1) is 0 Å². The number of hydrogen-bond donors (Lipinski definition) is 0. The fourth-order valence-corrected chi connectivity index (χ4v) is 2.75. The number of ether oxygens (including phenoxy) is 1. The molecule has 0 N–H and O–H groups in total. The largest absolute Gasteiger partial charge is 0.489 e. The molecule has 0 bridgehead atoms. The molecule has 0 saturated carbocycles. The van der Waals surface area contributed by atoms with Crippen molar-refractivity contribution in [3.05, 3.63) is 81.6 Å². The fraction of sp³-hybridized carbons (Fsp3) is 0.0556. The highest BCUT2D eigenvalue weighted by Crippen LogP contribution is 2.30. The Morgan fingerprint density at radius 3 is 2.04 bits per heavy atom. The molecule has 0 aliphatic carbocycles. The van der Waals surface area contributed by atoms with Crippen LogP contribution in [0.5, 0.6) is 5.75 Å². The van der Waals surface area contributed by atoms with Crippen molar-refractivity contribution in [2.24, 2.45) is 0 Å². The first kappa shape index (κ1) is 16.1. The van der Waals surface area contributed by atoms with Gasteiger partial charge in [-0.25, -0.2) is 0 Å². The molecule has 116 valence electrons. The Labute approximate surface area is 149 Å². The summed E-state index contributed by atoms with van der Waals surface area (Å²) in [6.45, 7) is 0.324. The van der Waals surface area contributed by atoms with Crippen LogP contribution in [0, 0.1) is 0 Å². The summed E-state index contributed by atoms with van der Waals surface area (Å²) in [7, 11) is 0. The molecule has 2 aromatic carbocycles. The highest BCUT2D eigenvalue weighted by Gasteiger charge is 2.07. The van der Waals surface area contributed by atoms with Gasteiger partial charge < -0.3 is 4.74 Å². The molecule has 0 aliphatic rings. The smallest absolute Gasteiger partial charge is 0.119 e. The predicted octanol–water partition coefficient (Wildman–Crippen LogP) is 6.29. The van der Waals surface area contributed by atoms with E-state index in [2.05, 4.69) is 4.98 Å². The zero-order chi connectivity index (χ0) is 16.2. The molecule has 0 aliphatic heterocycles. The van der Waals surface area contributed by atoms with Gasteiger partial charge in [0.05, 0.1) is 10.0 Å². The molecule has 3 aromatic rings. The molecule has 1 heterocycles. The number of benzene rings is 2. The lowest BCUT2D eigenvalue weighted by molar-refractivity contribution is 0.306. The average molecular weight is 365 g/mol. The van der Waals surface area contributed by atoms with Crippen LogP contribution >= 0.6 is 34.8 Å². The lowest BCUT2D eigenvalue weighted by Crippen LogP contribution is -1.96. The number of hydrogen-bond acceptors (Lipinski definition) is 2. The van der Waals surface area contributed by atoms with E-state index in [-0.39, 0.29) is 0 Å². The average Bonchev–Trinajstić information content (AvgIpc) is 2.58. The highest BCUT2D eigenvalue weighted by molar-refractivity contribution is 6.43. The van der Waals surface area contributed by atoms with E-state index in [1.54, 1.807) is 24.5 Å². The monoisotopic (exact) mass is 363 g/mol. The van der Waals surface area contributed by atoms with Gasteiger partial charge in [-0.1, -0.05) is 46.9 Å². The van der Waals surface area contributed by atoms with Crippen molar-refractivity contribution >= 4 is 34.8 Å². The Bertz CT molecular complexity index is 805. The predicted molar refractivity (Wildman–Crippen MR) is 95.5 cm³/mol. The van der Waals surface area contributed by atoms with Gasteiger partial charge in [-0.3, -0.25) is 4.98 Å². The standard InChI is InChI=1S/C18H12Cl3NO/c19-16-10-18(21)17(20)9-14(16)11-23-15-3-1-12(2-4-15)13-5-7-22-8-6-13/h1-10H,11H2. The molecular formula is C18H12Cl3NO. The Balaban J connectivity index is 1.71. The van der Waals surface area contributed by atoms with Gasteiger partial charge in [0.1, 0.15) is 12.4 Å². The molecule has 1 aromatic heterocycles. The third-order valence-corrected chi connectivity index (χ3v) is 4.43. The summed E-state index contributed by atoms with van der Waals surface area (Å²) in [5, 5.41) is 1.43. The van der Waals surface area contributed by atoms with Crippen molar-refractivity contribution in [1.82, 2.24) is 4.98 Å². The van der Waals surface area contributed by atoms with Crippen LogP contribution in [-0.2, 0) is 6.61 Å². The third kappa shape index (κ3) is 3.97. The first-order chi connectivity index (χ1) is 11.1. The summed E-state index contributed by atoms with van der Waals surface area (Å²) in [4.78, 5) is 4.02. The van der Waals surface area contributed by atoms with E-state index in [9.17, 15) is 0 Å². The topological polar surface area (TPSA) is 22.1 Å². The summed E-state index contributed by atoms with van der Waals surface area (Å²) in [6, 6.07) is 15.1. The Morgan fingerprint density at radius 2 is 1.35 bits per heavy atom. The summed E-state index contributed by atoms with van der Waals surface area (Å²) < 4.78 is 5.76. The van der Waals surface area contributed by atoms with Crippen molar-refractivity contribution in [3.63, 3.8) is 0 Å². The number of rotatable bonds is 4. The SMILES string of the molecule is Clc1cc(Cl)c(COc2ccc(-c3ccncc3)cc2)cc1Cl. The van der Waals surface area contributed by atoms with Gasteiger partial charge >= 0.3 is 0 Å². The van der Waals surface area contributed by atoms with E-state index >= 15 is 0 Å². The van der Waals surface area contributed by atoms with Gasteiger partial charge in [0.2, 0.25) is 0 Å². The normalized spacial score (nSPS) is 10.6. The van der Waals surface area contributed by atoms with Crippen molar-refractivity contribution < 1.29 is 4.74 Å². The maximum atomic E-state index is 6.14. The lowest BCUT2D eigenvalue weighted by atomic mass is 10.1. The quantitative estimate of drug-likeness (QED) is 0.508. The van der Waals surface area contributed by atoms with Gasteiger partial charge in [-0.05, 0) is 47.5 Å². The van der Waals surface area contributed by atoms with Crippen LogP contribution in [0.2, 0.25) is 15.1 Å². The zero-order valence-corrected chi connectivity index (χ0v) is 14.2. The molecule has 0 amide bonds. The van der Waals surface area contributed by atoms with E-state index in [1.165, 1.54) is 0 Å². The van der Waals surface area contributed by atoms with Crippen molar-refractivity contribution in [2.45, 2.75) is 6.61 Å². The van der Waals surface area contributed by atoms with Crippen LogP contribution < -0.4 is 4.74 Å². The van der Waals surface area contributed by atoms with Crippen molar-refractivity contribution in [2.75, 3.05) is 0 Å². The minimum Gasteiger partial charge on any atom is -0.489 e. The first-order valence-electron chi connectivity index (χ1n) is 6.90. The van der Waals surface area contributed by atoms with Gasteiger partial charge in [0.15, 0.2) is 0 Å². The van der Waals surface area contributed by atoms with Gasteiger partial charge in [0, 0.05) is 23.0 Å². The Morgan fingerprint density at radius 1 is 0.739 bits per heavy atom. The molecular weight excluding hydrogens is 353 g/mol. The third-order valence-electron chi connectivity index (χ3n) is 3.35. The fourth-order valence-electron chi connectivity index (χ4n) is 2.12. The molecule has 5 heteroatoms. The molecule has 0 unspecified atom stereocenters. The molecule has 23 heavy (non-hydrogen) atoms. The molecule has 0 spiro atoms. The van der Waals surface area contributed by atoms with Crippen LogP contribution in [-0.4, -0.2) is 4.98 Å². The van der Waals surface area contributed by atoms with E-state index in [1.807, 2.05) is 36.4 Å². The number of aromatic nitrogens is 1. The van der Waals surface area contributed by atoms with Gasteiger partial charge in [0.25, 0.3) is 0 Å². The summed E-state index contributed by atoms with van der Waals surface area (Å²) >= 11 is 18.1. The zero-order valence-electron chi connectivity index (χ0n) is 12.0. The van der Waals surface area contributed by atoms with E-state index in [0.717, 1.165) is 22.4 Å². The van der Waals surface area contributed by atoms with Crippen LogP contribution in [0.15, 0.2) is 60.9 Å². The highest BCUT2D eigenvalue weighted by atomic mass is 35.5. The first-order valence-corrected chi connectivity index (χ1v) is 8.03.